The van der Waals surface area contributed by atoms with Crippen molar-refractivity contribution in [2.45, 2.75) is 36.9 Å². The molecule has 2 saturated heterocycles. The van der Waals surface area contributed by atoms with Gasteiger partial charge in [-0.3, -0.25) is 4.79 Å². The van der Waals surface area contributed by atoms with E-state index in [0.717, 1.165) is 23.2 Å². The van der Waals surface area contributed by atoms with E-state index in [1.165, 1.54) is 7.11 Å². The molecular formula is C21H26N2O4. The van der Waals surface area contributed by atoms with Crippen molar-refractivity contribution in [1.29, 1.82) is 0 Å². The average molecular weight is 370 g/mol. The molecule has 0 unspecified atom stereocenters. The van der Waals surface area contributed by atoms with Gasteiger partial charge >= 0.3 is 5.97 Å². The van der Waals surface area contributed by atoms with Crippen LogP contribution in [0.3, 0.4) is 0 Å². The quantitative estimate of drug-likeness (QED) is 0.542. The summed E-state index contributed by atoms with van der Waals surface area (Å²) in [7, 11) is 1.42. The van der Waals surface area contributed by atoms with Crippen molar-refractivity contribution < 1.29 is 19.4 Å². The fourth-order valence-corrected chi connectivity index (χ4v) is 6.67. The lowest BCUT2D eigenvalue weighted by molar-refractivity contribution is -0.192. The van der Waals surface area contributed by atoms with Gasteiger partial charge in [0.2, 0.25) is 0 Å². The van der Waals surface area contributed by atoms with Crippen LogP contribution in [0.5, 0.6) is 0 Å². The van der Waals surface area contributed by atoms with Crippen molar-refractivity contribution in [1.82, 2.24) is 5.32 Å². The molecule has 6 heteroatoms. The van der Waals surface area contributed by atoms with Gasteiger partial charge in [-0.05, 0) is 31.4 Å². The van der Waals surface area contributed by atoms with Crippen LogP contribution in [0, 0.1) is 11.3 Å². The maximum absolute atomic E-state index is 13.5. The first kappa shape index (κ1) is 17.2. The minimum Gasteiger partial charge on any atom is -0.468 e. The van der Waals surface area contributed by atoms with Crippen LogP contribution in [0.1, 0.15) is 25.3 Å². The Bertz CT molecular complexity index is 839. The molecule has 3 fully saturated rings. The fourth-order valence-electron chi connectivity index (χ4n) is 6.67. The van der Waals surface area contributed by atoms with E-state index in [9.17, 15) is 9.90 Å². The smallest absolute Gasteiger partial charge is 0.315 e. The van der Waals surface area contributed by atoms with Gasteiger partial charge < -0.3 is 25.2 Å². The number of ether oxygens (including phenoxy) is 2. The molecule has 5 rings (SSSR count). The second-order valence-corrected chi connectivity index (χ2v) is 8.12. The summed E-state index contributed by atoms with van der Waals surface area (Å²) in [5, 5.41) is 18.1. The maximum Gasteiger partial charge on any atom is 0.315 e. The fraction of sp³-hybridized carbons (Fsp3) is 0.571. The molecule has 2 bridgehead atoms. The number of hydrogen-bond acceptors (Lipinski definition) is 6. The molecule has 144 valence electrons. The summed E-state index contributed by atoms with van der Waals surface area (Å²) in [5.74, 6) is -0.433. The van der Waals surface area contributed by atoms with E-state index in [4.69, 9.17) is 9.47 Å². The van der Waals surface area contributed by atoms with Gasteiger partial charge in [0.05, 0.1) is 31.8 Å². The van der Waals surface area contributed by atoms with E-state index >= 15 is 0 Å². The molecule has 6 nitrogen and oxygen atoms in total. The van der Waals surface area contributed by atoms with Gasteiger partial charge in [0.1, 0.15) is 5.41 Å². The first-order valence-electron chi connectivity index (χ1n) is 9.70. The number of nitrogens with one attached hydrogen (secondary N) is 2. The van der Waals surface area contributed by atoms with E-state index in [1.807, 2.05) is 25.1 Å². The summed E-state index contributed by atoms with van der Waals surface area (Å²) in [6.45, 7) is 2.96. The molecule has 1 saturated carbocycles. The second kappa shape index (κ2) is 5.56. The van der Waals surface area contributed by atoms with Crippen molar-refractivity contribution in [3.8, 4) is 0 Å². The molecule has 5 atom stereocenters. The molecule has 27 heavy (non-hydrogen) atoms. The number of aliphatic hydroxyl groups is 1. The number of anilines is 1. The maximum atomic E-state index is 13.5. The number of piperidine rings is 1. The molecule has 0 amide bonds. The molecule has 0 radical (unpaired) electrons. The Morgan fingerprint density at radius 3 is 3.00 bits per heavy atom. The van der Waals surface area contributed by atoms with E-state index in [1.54, 1.807) is 0 Å². The van der Waals surface area contributed by atoms with E-state index in [2.05, 4.69) is 22.8 Å². The Kier molecular flexibility index (Phi) is 3.55. The Labute approximate surface area is 158 Å². The standard InChI is InChI=1S/C21H26N2O4/c1-3-13-11-22-17-10-15(13)19(12-24,18(25)26-2)20-8-9-27-21(17,20)23-16-7-5-4-6-14(16)20/h3-7,15,17,22-24H,8-12H2,1-2H3/b13-3-/t15-,17-,19-,20+,21+/m1/s1. The number of aliphatic hydroxyl groups excluding tert-OH is 1. The third-order valence-electron chi connectivity index (χ3n) is 7.64. The number of methoxy groups -OCH3 is 1. The molecule has 1 aromatic carbocycles. The number of benzene rings is 1. The highest BCUT2D eigenvalue weighted by Crippen LogP contribution is 2.70. The number of carbonyl (C=O) groups is 1. The number of para-hydroxylation sites is 1. The van der Waals surface area contributed by atoms with Crippen LogP contribution in [0.4, 0.5) is 5.69 Å². The molecular weight excluding hydrogens is 344 g/mol. The van der Waals surface area contributed by atoms with Gasteiger partial charge in [0.15, 0.2) is 5.72 Å². The number of allylic oxidation sites excluding steroid dienone is 1. The van der Waals surface area contributed by atoms with E-state index < -0.39 is 16.6 Å². The zero-order chi connectivity index (χ0) is 18.9. The molecule has 1 aliphatic carbocycles. The van der Waals surface area contributed by atoms with E-state index in [0.29, 0.717) is 19.6 Å². The number of hydrogen-bond donors (Lipinski definition) is 3. The summed E-state index contributed by atoms with van der Waals surface area (Å²) in [6.07, 6.45) is 3.46. The summed E-state index contributed by atoms with van der Waals surface area (Å²) in [6, 6.07) is 8.14. The third kappa shape index (κ3) is 1.67. The highest BCUT2D eigenvalue weighted by molar-refractivity contribution is 5.85. The van der Waals surface area contributed by atoms with Crippen molar-refractivity contribution >= 4 is 11.7 Å². The molecule has 3 N–H and O–H groups in total. The predicted molar refractivity (Wildman–Crippen MR) is 100 cm³/mol. The lowest BCUT2D eigenvalue weighted by Gasteiger charge is -2.62. The van der Waals surface area contributed by atoms with Crippen LogP contribution in [0.15, 0.2) is 35.9 Å². The third-order valence-corrected chi connectivity index (χ3v) is 7.64. The summed E-state index contributed by atoms with van der Waals surface area (Å²) >= 11 is 0. The summed E-state index contributed by atoms with van der Waals surface area (Å²) < 4.78 is 11.8. The highest BCUT2D eigenvalue weighted by Gasteiger charge is 2.81. The lowest BCUT2D eigenvalue weighted by atomic mass is 9.44. The normalized spacial score (nSPS) is 42.9. The van der Waals surface area contributed by atoms with Crippen molar-refractivity contribution in [3.63, 3.8) is 0 Å². The predicted octanol–water partition coefficient (Wildman–Crippen LogP) is 1.56. The van der Waals surface area contributed by atoms with Crippen LogP contribution < -0.4 is 10.6 Å². The average Bonchev–Trinajstić information content (AvgIpc) is 3.22. The largest absolute Gasteiger partial charge is 0.468 e. The molecule has 1 aromatic rings. The van der Waals surface area contributed by atoms with Gasteiger partial charge in [0, 0.05) is 18.2 Å². The van der Waals surface area contributed by atoms with Gasteiger partial charge in [-0.1, -0.05) is 29.8 Å². The Morgan fingerprint density at radius 1 is 1.44 bits per heavy atom. The monoisotopic (exact) mass is 370 g/mol. The Hall–Kier alpha value is -1.89. The zero-order valence-electron chi connectivity index (χ0n) is 15.7. The molecule has 3 heterocycles. The lowest BCUT2D eigenvalue weighted by Crippen LogP contribution is -2.78. The number of rotatable bonds is 2. The highest BCUT2D eigenvalue weighted by atomic mass is 16.5. The van der Waals surface area contributed by atoms with Crippen LogP contribution in [0.2, 0.25) is 0 Å². The molecule has 0 aromatic heterocycles. The minimum absolute atomic E-state index is 0.0467. The van der Waals surface area contributed by atoms with Gasteiger partial charge in [-0.2, -0.15) is 0 Å². The van der Waals surface area contributed by atoms with E-state index in [-0.39, 0.29) is 24.5 Å². The van der Waals surface area contributed by atoms with Gasteiger partial charge in [0.25, 0.3) is 0 Å². The first-order valence-corrected chi connectivity index (χ1v) is 9.70. The SMILES string of the molecule is C/C=C1/CN[C@@H]2C[C@H]1[C@](CO)(C(=O)OC)[C@@]13CCO[C@@]21Nc1ccccc13. The van der Waals surface area contributed by atoms with Crippen molar-refractivity contribution in [2.75, 3.05) is 32.2 Å². The number of esters is 1. The molecule has 3 aliphatic heterocycles. The summed E-state index contributed by atoms with van der Waals surface area (Å²) in [4.78, 5) is 13.5. The van der Waals surface area contributed by atoms with Crippen LogP contribution in [0.25, 0.3) is 0 Å². The first-order chi connectivity index (χ1) is 13.1. The Balaban J connectivity index is 1.87. The van der Waals surface area contributed by atoms with Crippen LogP contribution >= 0.6 is 0 Å². The topological polar surface area (TPSA) is 79.8 Å². The van der Waals surface area contributed by atoms with Crippen molar-refractivity contribution in [2.24, 2.45) is 11.3 Å². The van der Waals surface area contributed by atoms with Crippen LogP contribution in [-0.4, -0.2) is 49.7 Å². The molecule has 0 spiro atoms. The van der Waals surface area contributed by atoms with Crippen LogP contribution in [-0.2, 0) is 19.7 Å². The van der Waals surface area contributed by atoms with Gasteiger partial charge in [-0.25, -0.2) is 0 Å². The number of fused-ring (bicyclic) bond motifs is 3. The number of carbonyl (C=O) groups excluding carboxylic acids is 1. The zero-order valence-corrected chi connectivity index (χ0v) is 15.7. The molecule has 4 aliphatic rings. The summed E-state index contributed by atoms with van der Waals surface area (Å²) in [5.41, 5.74) is 0.658. The second-order valence-electron chi connectivity index (χ2n) is 8.12. The minimum atomic E-state index is -1.09. The Morgan fingerprint density at radius 2 is 2.26 bits per heavy atom. The van der Waals surface area contributed by atoms with Gasteiger partial charge in [-0.15, -0.1) is 0 Å². The van der Waals surface area contributed by atoms with Crippen molar-refractivity contribution in [3.05, 3.63) is 41.5 Å².